The van der Waals surface area contributed by atoms with Gasteiger partial charge in [-0.3, -0.25) is 14.4 Å². The Morgan fingerprint density at radius 1 is 1.07 bits per heavy atom. The second-order valence-corrected chi connectivity index (χ2v) is 7.90. The minimum atomic E-state index is -0.586. The molecule has 1 saturated carbocycles. The van der Waals surface area contributed by atoms with E-state index in [1.807, 2.05) is 13.8 Å². The summed E-state index contributed by atoms with van der Waals surface area (Å²) in [5, 5.41) is 5.80. The third-order valence-electron chi connectivity index (χ3n) is 5.43. The smallest absolute Gasteiger partial charge is 0.243 e. The fraction of sp³-hybridized carbons (Fsp3) is 0.857. The molecule has 7 nitrogen and oxygen atoms in total. The average molecular weight is 397 g/mol. The minimum absolute atomic E-state index is 0.0628. The summed E-state index contributed by atoms with van der Waals surface area (Å²) in [6.45, 7) is 5.36. The molecule has 0 spiro atoms. The van der Waals surface area contributed by atoms with Gasteiger partial charge in [0.25, 0.3) is 0 Å². The van der Waals surface area contributed by atoms with Gasteiger partial charge in [-0.2, -0.15) is 0 Å². The molecule has 162 valence electrons. The average Bonchev–Trinajstić information content (AvgIpc) is 2.69. The van der Waals surface area contributed by atoms with Crippen molar-refractivity contribution < 1.29 is 14.4 Å². The summed E-state index contributed by atoms with van der Waals surface area (Å²) in [7, 11) is 0. The van der Waals surface area contributed by atoms with Gasteiger partial charge in [-0.05, 0) is 38.1 Å². The Bertz CT molecular complexity index is 478. The fourth-order valence-corrected chi connectivity index (χ4v) is 3.98. The third kappa shape index (κ3) is 9.53. The maximum atomic E-state index is 12.7. The van der Waals surface area contributed by atoms with E-state index < -0.39 is 11.9 Å². The van der Waals surface area contributed by atoms with Crippen molar-refractivity contribution in [1.29, 1.82) is 0 Å². The number of nitrogens with two attached hydrogens (primary N) is 1. The standard InChI is InChI=1S/C21H40N4O3/c1-3-9-18(21(28)24-15-19(22)26)25(14-4-2)20(27)16-23-13-8-12-17-10-6-5-7-11-17/h17-18,23H,3-16H2,1-2H3,(H2,22,26)(H,24,28). The number of carbonyl (C=O) groups excluding carboxylic acids is 3. The molecule has 1 aliphatic rings. The van der Waals surface area contributed by atoms with Gasteiger partial charge < -0.3 is 21.3 Å². The van der Waals surface area contributed by atoms with Gasteiger partial charge in [-0.15, -0.1) is 0 Å². The molecule has 3 amide bonds. The van der Waals surface area contributed by atoms with Crippen LogP contribution in [-0.2, 0) is 14.4 Å². The molecular formula is C21H40N4O3. The zero-order valence-electron chi connectivity index (χ0n) is 17.8. The van der Waals surface area contributed by atoms with Crippen molar-refractivity contribution in [2.24, 2.45) is 11.7 Å². The van der Waals surface area contributed by atoms with Gasteiger partial charge in [0.15, 0.2) is 0 Å². The molecule has 0 aromatic carbocycles. The maximum Gasteiger partial charge on any atom is 0.243 e. The number of primary amides is 1. The minimum Gasteiger partial charge on any atom is -0.368 e. The van der Waals surface area contributed by atoms with Crippen LogP contribution in [0.2, 0.25) is 0 Å². The van der Waals surface area contributed by atoms with E-state index in [4.69, 9.17) is 5.73 Å². The molecule has 0 bridgehead atoms. The highest BCUT2D eigenvalue weighted by Gasteiger charge is 2.28. The molecule has 4 N–H and O–H groups in total. The lowest BCUT2D eigenvalue weighted by atomic mass is 9.86. The second-order valence-electron chi connectivity index (χ2n) is 7.90. The van der Waals surface area contributed by atoms with Crippen LogP contribution < -0.4 is 16.4 Å². The number of nitrogens with zero attached hydrogens (tertiary/aromatic N) is 1. The summed E-state index contributed by atoms with van der Waals surface area (Å²) in [4.78, 5) is 37.8. The predicted molar refractivity (Wildman–Crippen MR) is 112 cm³/mol. The normalized spacial score (nSPS) is 15.8. The number of amides is 3. The summed E-state index contributed by atoms with van der Waals surface area (Å²) in [6.07, 6.45) is 11.2. The van der Waals surface area contributed by atoms with Crippen LogP contribution in [0.25, 0.3) is 0 Å². The first-order valence-electron chi connectivity index (χ1n) is 11.1. The van der Waals surface area contributed by atoms with Gasteiger partial charge >= 0.3 is 0 Å². The van der Waals surface area contributed by atoms with Crippen molar-refractivity contribution in [1.82, 2.24) is 15.5 Å². The number of rotatable bonds is 14. The van der Waals surface area contributed by atoms with Gasteiger partial charge in [0.1, 0.15) is 6.04 Å². The largest absolute Gasteiger partial charge is 0.368 e. The monoisotopic (exact) mass is 396 g/mol. The summed E-state index contributed by atoms with van der Waals surface area (Å²) in [6, 6.07) is -0.555. The van der Waals surface area contributed by atoms with E-state index in [2.05, 4.69) is 10.6 Å². The highest BCUT2D eigenvalue weighted by molar-refractivity contribution is 5.90. The van der Waals surface area contributed by atoms with Crippen LogP contribution in [0.5, 0.6) is 0 Å². The Balaban J connectivity index is 2.46. The fourth-order valence-electron chi connectivity index (χ4n) is 3.98. The molecule has 0 aliphatic heterocycles. The summed E-state index contributed by atoms with van der Waals surface area (Å²) < 4.78 is 0. The molecule has 0 saturated heterocycles. The number of nitrogens with one attached hydrogen (secondary N) is 2. The first-order chi connectivity index (χ1) is 13.5. The lowest BCUT2D eigenvalue weighted by Gasteiger charge is -2.31. The van der Waals surface area contributed by atoms with E-state index in [0.717, 1.165) is 31.7 Å². The molecule has 1 rings (SSSR count). The summed E-state index contributed by atoms with van der Waals surface area (Å²) in [5.41, 5.74) is 5.11. The van der Waals surface area contributed by atoms with E-state index in [9.17, 15) is 14.4 Å². The Labute approximate surface area is 170 Å². The molecule has 28 heavy (non-hydrogen) atoms. The van der Waals surface area contributed by atoms with Crippen LogP contribution >= 0.6 is 0 Å². The van der Waals surface area contributed by atoms with E-state index in [1.54, 1.807) is 4.90 Å². The van der Waals surface area contributed by atoms with Gasteiger partial charge in [0, 0.05) is 6.54 Å². The van der Waals surface area contributed by atoms with Gasteiger partial charge in [-0.25, -0.2) is 0 Å². The maximum absolute atomic E-state index is 12.7. The third-order valence-corrected chi connectivity index (χ3v) is 5.43. The lowest BCUT2D eigenvalue weighted by Crippen LogP contribution is -2.53. The van der Waals surface area contributed by atoms with E-state index >= 15 is 0 Å². The first-order valence-corrected chi connectivity index (χ1v) is 11.1. The van der Waals surface area contributed by atoms with Crippen molar-refractivity contribution in [3.8, 4) is 0 Å². The molecule has 0 heterocycles. The van der Waals surface area contributed by atoms with Crippen LogP contribution in [0.1, 0.15) is 78.1 Å². The van der Waals surface area contributed by atoms with E-state index in [0.29, 0.717) is 13.0 Å². The second kappa shape index (κ2) is 14.4. The quantitative estimate of drug-likeness (QED) is 0.390. The molecule has 0 aromatic heterocycles. The number of hydrogen-bond acceptors (Lipinski definition) is 4. The zero-order chi connectivity index (χ0) is 20.8. The molecule has 7 heteroatoms. The molecule has 0 aromatic rings. The highest BCUT2D eigenvalue weighted by atomic mass is 16.2. The molecular weight excluding hydrogens is 356 g/mol. The zero-order valence-corrected chi connectivity index (χ0v) is 17.8. The van der Waals surface area contributed by atoms with Crippen molar-refractivity contribution in [3.63, 3.8) is 0 Å². The van der Waals surface area contributed by atoms with Crippen LogP contribution in [0.4, 0.5) is 0 Å². The van der Waals surface area contributed by atoms with E-state index in [-0.39, 0.29) is 24.9 Å². The molecule has 0 radical (unpaired) electrons. The predicted octanol–water partition coefficient (Wildman–Crippen LogP) is 1.95. The lowest BCUT2D eigenvalue weighted by molar-refractivity contribution is -0.140. The topological polar surface area (TPSA) is 105 Å². The molecule has 1 atom stereocenters. The number of hydrogen-bond donors (Lipinski definition) is 3. The van der Waals surface area contributed by atoms with Gasteiger partial charge in [0.05, 0.1) is 13.1 Å². The van der Waals surface area contributed by atoms with Crippen LogP contribution in [-0.4, -0.2) is 54.8 Å². The summed E-state index contributed by atoms with van der Waals surface area (Å²) >= 11 is 0. The van der Waals surface area contributed by atoms with Crippen LogP contribution in [0.3, 0.4) is 0 Å². The van der Waals surface area contributed by atoms with E-state index in [1.165, 1.54) is 38.5 Å². The Kier molecular flexibility index (Phi) is 12.5. The van der Waals surface area contributed by atoms with Gasteiger partial charge in [-0.1, -0.05) is 52.4 Å². The Morgan fingerprint density at radius 2 is 1.79 bits per heavy atom. The van der Waals surface area contributed by atoms with Crippen LogP contribution in [0.15, 0.2) is 0 Å². The molecule has 1 unspecified atom stereocenters. The van der Waals surface area contributed by atoms with Crippen molar-refractivity contribution in [2.75, 3.05) is 26.2 Å². The van der Waals surface area contributed by atoms with Crippen LogP contribution in [0, 0.1) is 5.92 Å². The Morgan fingerprint density at radius 3 is 2.39 bits per heavy atom. The first kappa shape index (κ1) is 24.4. The summed E-state index contributed by atoms with van der Waals surface area (Å²) in [5.74, 6) is -0.103. The highest BCUT2D eigenvalue weighted by Crippen LogP contribution is 2.26. The van der Waals surface area contributed by atoms with Crippen molar-refractivity contribution >= 4 is 17.7 Å². The molecule has 1 fully saturated rings. The van der Waals surface area contributed by atoms with Crippen molar-refractivity contribution in [2.45, 2.75) is 84.1 Å². The number of carbonyl (C=O) groups is 3. The van der Waals surface area contributed by atoms with Crippen molar-refractivity contribution in [3.05, 3.63) is 0 Å². The Hall–Kier alpha value is -1.63. The molecule has 1 aliphatic carbocycles. The van der Waals surface area contributed by atoms with Gasteiger partial charge in [0.2, 0.25) is 17.7 Å². The SMILES string of the molecule is CCCC(C(=O)NCC(N)=O)N(CCC)C(=O)CNCCCC1CCCCC1.